The van der Waals surface area contributed by atoms with Crippen molar-refractivity contribution in [1.29, 1.82) is 0 Å². The molecule has 1 spiro atoms. The van der Waals surface area contributed by atoms with Gasteiger partial charge in [-0.25, -0.2) is 9.37 Å². The molecule has 3 amide bonds. The van der Waals surface area contributed by atoms with E-state index in [9.17, 15) is 23.9 Å². The third-order valence-electron chi connectivity index (χ3n) is 9.53. The lowest BCUT2D eigenvalue weighted by atomic mass is 9.72. The molecule has 3 aliphatic rings. The number of aliphatic hydroxyl groups is 1. The topological polar surface area (TPSA) is 155 Å². The zero-order chi connectivity index (χ0) is 34.6. The summed E-state index contributed by atoms with van der Waals surface area (Å²) >= 11 is 0. The lowest BCUT2D eigenvalue weighted by Crippen LogP contribution is -2.52. The molecular formula is C37H38FN5O6. The SMILES string of the molecule is CC(C)[C@H](O)C(=O)N[C@H]1Cc2ccc3c(c2)C2(c4ccccc4NC2O3)c2oc(nc2C(=O)NCc2ccc(F)cc2)[C@H](C(C)C)NC1=O. The highest BCUT2D eigenvalue weighted by Crippen LogP contribution is 2.58. The summed E-state index contributed by atoms with van der Waals surface area (Å²) in [5.74, 6) is -1.74. The number of nitrogens with zero attached hydrogens (tertiary/aromatic N) is 1. The van der Waals surface area contributed by atoms with Crippen LogP contribution in [0.5, 0.6) is 5.75 Å². The van der Waals surface area contributed by atoms with E-state index in [1.807, 2.05) is 56.3 Å². The van der Waals surface area contributed by atoms with Crippen molar-refractivity contribution < 1.29 is 33.0 Å². The monoisotopic (exact) mass is 667 g/mol. The normalized spacial score (nSPS) is 22.5. The number of carbonyl (C=O) groups is 3. The summed E-state index contributed by atoms with van der Waals surface area (Å²) in [4.78, 5) is 45.9. The van der Waals surface area contributed by atoms with Gasteiger partial charge in [0.05, 0.1) is 0 Å². The Hall–Kier alpha value is -5.23. The molecule has 4 bridgehead atoms. The predicted octanol–water partition coefficient (Wildman–Crippen LogP) is 4.09. The van der Waals surface area contributed by atoms with Crippen LogP contribution in [-0.2, 0) is 28.0 Å². The molecule has 0 aliphatic carbocycles. The summed E-state index contributed by atoms with van der Waals surface area (Å²) < 4.78 is 26.8. The van der Waals surface area contributed by atoms with Crippen LogP contribution in [0.4, 0.5) is 10.1 Å². The van der Waals surface area contributed by atoms with Gasteiger partial charge in [-0.2, -0.15) is 0 Å². The lowest BCUT2D eigenvalue weighted by molar-refractivity contribution is -0.135. The maximum Gasteiger partial charge on any atom is 0.273 e. The summed E-state index contributed by atoms with van der Waals surface area (Å²) in [6, 6.07) is 17.2. The number of ether oxygens (including phenoxy) is 1. The summed E-state index contributed by atoms with van der Waals surface area (Å²) in [6.45, 7) is 7.32. The highest BCUT2D eigenvalue weighted by atomic mass is 19.1. The van der Waals surface area contributed by atoms with Crippen molar-refractivity contribution >= 4 is 23.4 Å². The molecule has 4 aromatic rings. The molecule has 3 aliphatic heterocycles. The lowest BCUT2D eigenvalue weighted by Gasteiger charge is -2.29. The van der Waals surface area contributed by atoms with Gasteiger partial charge >= 0.3 is 0 Å². The smallest absolute Gasteiger partial charge is 0.273 e. The van der Waals surface area contributed by atoms with E-state index >= 15 is 0 Å². The van der Waals surface area contributed by atoms with Crippen molar-refractivity contribution in [3.63, 3.8) is 0 Å². The number of rotatable bonds is 7. The van der Waals surface area contributed by atoms with Crippen LogP contribution < -0.4 is 26.0 Å². The summed E-state index contributed by atoms with van der Waals surface area (Å²) in [5.41, 5.74) is 2.59. The minimum Gasteiger partial charge on any atom is -0.469 e. The number of oxazole rings is 1. The standard InChI is InChI=1S/C37H38FN5O6/c1-18(2)28-35-43-29(33(46)39-17-20-9-12-22(38)13-10-20)31(49-35)37-23-7-5-6-8-25(23)41-36(37)48-27-14-11-21(15-24(27)37)16-26(32(45)42-28)40-34(47)30(44)19(3)4/h5-15,18-19,26,28,30,36,41,44H,16-17H2,1-4H3,(H,39,46)(H,40,47)(H,42,45)/t26-,28-,30-,36?,37?/m0/s1. The largest absolute Gasteiger partial charge is 0.469 e. The number of carbonyl (C=O) groups excluding carboxylic acids is 3. The average Bonchev–Trinajstić information content (AvgIpc) is 3.74. The van der Waals surface area contributed by atoms with Crippen LogP contribution in [0.1, 0.15) is 78.1 Å². The van der Waals surface area contributed by atoms with Crippen LogP contribution in [0, 0.1) is 17.7 Å². The number of nitrogens with one attached hydrogen (secondary N) is 4. The molecule has 49 heavy (non-hydrogen) atoms. The first-order valence-corrected chi connectivity index (χ1v) is 16.5. The van der Waals surface area contributed by atoms with Crippen LogP contribution in [0.15, 0.2) is 71.1 Å². The van der Waals surface area contributed by atoms with Crippen LogP contribution in [-0.4, -0.2) is 46.2 Å². The summed E-state index contributed by atoms with van der Waals surface area (Å²) in [5, 5.41) is 22.6. The fraction of sp³-hybridized carbons (Fsp3) is 0.351. The minimum absolute atomic E-state index is 0.0199. The first kappa shape index (κ1) is 32.3. The van der Waals surface area contributed by atoms with Crippen LogP contribution in [0.3, 0.4) is 0 Å². The molecule has 5 N–H and O–H groups in total. The Morgan fingerprint density at radius 2 is 1.80 bits per heavy atom. The van der Waals surface area contributed by atoms with Crippen LogP contribution in [0.25, 0.3) is 0 Å². The number of anilines is 1. The molecule has 0 saturated heterocycles. The van der Waals surface area contributed by atoms with Gasteiger partial charge in [0, 0.05) is 24.2 Å². The quantitative estimate of drug-likeness (QED) is 0.198. The molecule has 12 heteroatoms. The van der Waals surface area contributed by atoms with E-state index in [-0.39, 0.29) is 48.0 Å². The Bertz CT molecular complexity index is 1940. The second kappa shape index (κ2) is 12.3. The molecule has 0 fully saturated rings. The van der Waals surface area contributed by atoms with E-state index in [2.05, 4.69) is 21.3 Å². The molecule has 0 radical (unpaired) electrons. The summed E-state index contributed by atoms with van der Waals surface area (Å²) in [7, 11) is 0. The number of aromatic nitrogens is 1. The number of hydrogen-bond donors (Lipinski definition) is 5. The fourth-order valence-corrected chi connectivity index (χ4v) is 6.88. The average molecular weight is 668 g/mol. The zero-order valence-corrected chi connectivity index (χ0v) is 27.5. The van der Waals surface area contributed by atoms with Crippen molar-refractivity contribution in [2.24, 2.45) is 11.8 Å². The third-order valence-corrected chi connectivity index (χ3v) is 9.53. The van der Waals surface area contributed by atoms with Gasteiger partial charge in [0.2, 0.25) is 17.7 Å². The number of hydrogen-bond acceptors (Lipinski definition) is 8. The van der Waals surface area contributed by atoms with Crippen molar-refractivity contribution in [1.82, 2.24) is 20.9 Å². The number of amides is 3. The minimum atomic E-state index is -1.31. The highest BCUT2D eigenvalue weighted by Gasteiger charge is 2.61. The second-order valence-corrected chi connectivity index (χ2v) is 13.5. The second-order valence-electron chi connectivity index (χ2n) is 13.5. The van der Waals surface area contributed by atoms with E-state index in [0.717, 1.165) is 16.8 Å². The van der Waals surface area contributed by atoms with Crippen molar-refractivity contribution in [2.45, 2.75) is 70.5 Å². The fourth-order valence-electron chi connectivity index (χ4n) is 6.88. The molecule has 5 atom stereocenters. The van der Waals surface area contributed by atoms with Crippen LogP contribution in [0.2, 0.25) is 0 Å². The van der Waals surface area contributed by atoms with E-state index in [1.54, 1.807) is 26.0 Å². The number of benzene rings is 3. The maximum absolute atomic E-state index is 14.1. The van der Waals surface area contributed by atoms with Gasteiger partial charge in [0.25, 0.3) is 5.91 Å². The van der Waals surface area contributed by atoms with E-state index in [0.29, 0.717) is 16.9 Å². The van der Waals surface area contributed by atoms with Gasteiger partial charge in [-0.3, -0.25) is 14.4 Å². The Balaban J connectivity index is 1.40. The van der Waals surface area contributed by atoms with Gasteiger partial charge in [-0.1, -0.05) is 70.2 Å². The first-order chi connectivity index (χ1) is 23.5. The maximum atomic E-state index is 14.1. The van der Waals surface area contributed by atoms with E-state index < -0.39 is 47.6 Å². The van der Waals surface area contributed by atoms with Crippen molar-refractivity contribution in [3.05, 3.63) is 112 Å². The number of halogens is 1. The molecular weight excluding hydrogens is 629 g/mol. The predicted molar refractivity (Wildman–Crippen MR) is 177 cm³/mol. The Morgan fingerprint density at radius 1 is 1.04 bits per heavy atom. The number of para-hydroxylation sites is 1. The van der Waals surface area contributed by atoms with Crippen molar-refractivity contribution in [3.8, 4) is 5.75 Å². The number of fused-ring (bicyclic) bond motifs is 4. The van der Waals surface area contributed by atoms with E-state index in [4.69, 9.17) is 14.1 Å². The number of aliphatic hydroxyl groups excluding tert-OH is 1. The first-order valence-electron chi connectivity index (χ1n) is 16.5. The molecule has 11 nitrogen and oxygen atoms in total. The van der Waals surface area contributed by atoms with Crippen molar-refractivity contribution in [2.75, 3.05) is 5.32 Å². The third kappa shape index (κ3) is 5.49. The Labute approximate surface area is 282 Å². The molecule has 2 unspecified atom stereocenters. The van der Waals surface area contributed by atoms with Gasteiger partial charge in [0.1, 0.15) is 35.2 Å². The molecule has 3 aromatic carbocycles. The molecule has 254 valence electrons. The van der Waals surface area contributed by atoms with Gasteiger partial charge in [0.15, 0.2) is 17.7 Å². The molecule has 1 aromatic heterocycles. The molecule has 7 rings (SSSR count). The van der Waals surface area contributed by atoms with Crippen LogP contribution >= 0.6 is 0 Å². The highest BCUT2D eigenvalue weighted by molar-refractivity contribution is 5.95. The van der Waals surface area contributed by atoms with Gasteiger partial charge < -0.3 is 35.5 Å². The molecule has 0 saturated carbocycles. The Kier molecular flexibility index (Phi) is 8.14. The van der Waals surface area contributed by atoms with E-state index in [1.165, 1.54) is 12.1 Å². The summed E-state index contributed by atoms with van der Waals surface area (Å²) in [6.07, 6.45) is -1.89. The molecule has 4 heterocycles. The Morgan fingerprint density at radius 3 is 2.53 bits per heavy atom. The van der Waals surface area contributed by atoms with Gasteiger partial charge in [-0.05, 0) is 52.8 Å². The van der Waals surface area contributed by atoms with Gasteiger partial charge in [-0.15, -0.1) is 0 Å². The zero-order valence-electron chi connectivity index (χ0n) is 27.5.